The van der Waals surface area contributed by atoms with Crippen LogP contribution in [-0.4, -0.2) is 18.0 Å². The lowest BCUT2D eigenvalue weighted by Gasteiger charge is -2.30. The van der Waals surface area contributed by atoms with Crippen molar-refractivity contribution in [2.75, 3.05) is 18.4 Å². The van der Waals surface area contributed by atoms with Crippen LogP contribution < -0.4 is 5.32 Å². The van der Waals surface area contributed by atoms with Gasteiger partial charge in [-0.1, -0.05) is 25.1 Å². The van der Waals surface area contributed by atoms with Crippen LogP contribution in [0.1, 0.15) is 30.2 Å². The number of nitrogens with one attached hydrogen (secondary N) is 1. The number of hydrogen-bond acceptors (Lipinski definition) is 3. The summed E-state index contributed by atoms with van der Waals surface area (Å²) in [6.45, 7) is 6.88. The Morgan fingerprint density at radius 1 is 1.24 bits per heavy atom. The van der Waals surface area contributed by atoms with Crippen LogP contribution in [0, 0.1) is 5.92 Å². The monoisotopic (exact) mass is 300 g/mol. The molecule has 1 unspecified atom stereocenters. The number of anilines is 1. The molecule has 1 aliphatic heterocycles. The van der Waals surface area contributed by atoms with Gasteiger partial charge in [-0.25, -0.2) is 0 Å². The van der Waals surface area contributed by atoms with Crippen LogP contribution in [0.15, 0.2) is 41.8 Å². The van der Waals surface area contributed by atoms with Crippen molar-refractivity contribution in [1.29, 1.82) is 0 Å². The highest BCUT2D eigenvalue weighted by Crippen LogP contribution is 2.19. The van der Waals surface area contributed by atoms with Gasteiger partial charge in [-0.05, 0) is 54.4 Å². The van der Waals surface area contributed by atoms with E-state index >= 15 is 0 Å². The largest absolute Gasteiger partial charge is 0.380 e. The summed E-state index contributed by atoms with van der Waals surface area (Å²) in [5, 5.41) is 5.61. The average molecular weight is 300 g/mol. The Kier molecular flexibility index (Phi) is 4.94. The van der Waals surface area contributed by atoms with Crippen molar-refractivity contribution in [3.8, 4) is 0 Å². The second-order valence-corrected chi connectivity index (χ2v) is 7.14. The van der Waals surface area contributed by atoms with Gasteiger partial charge in [-0.15, -0.1) is 11.3 Å². The zero-order valence-corrected chi connectivity index (χ0v) is 13.5. The van der Waals surface area contributed by atoms with Gasteiger partial charge in [-0.3, -0.25) is 4.90 Å². The molecule has 0 spiro atoms. The van der Waals surface area contributed by atoms with E-state index in [9.17, 15) is 0 Å². The first-order chi connectivity index (χ1) is 10.3. The molecule has 0 radical (unpaired) electrons. The highest BCUT2D eigenvalue weighted by Gasteiger charge is 2.15. The molecule has 0 bridgehead atoms. The van der Waals surface area contributed by atoms with Gasteiger partial charge in [0.05, 0.1) is 0 Å². The van der Waals surface area contributed by atoms with Crippen molar-refractivity contribution < 1.29 is 0 Å². The third kappa shape index (κ3) is 4.32. The fourth-order valence-corrected chi connectivity index (χ4v) is 3.66. The van der Waals surface area contributed by atoms with Gasteiger partial charge >= 0.3 is 0 Å². The van der Waals surface area contributed by atoms with Crippen LogP contribution in [0.4, 0.5) is 5.69 Å². The third-order valence-electron chi connectivity index (χ3n) is 4.15. The van der Waals surface area contributed by atoms with Gasteiger partial charge in [0.2, 0.25) is 0 Å². The molecule has 2 aromatic rings. The quantitative estimate of drug-likeness (QED) is 0.868. The smallest absolute Gasteiger partial charge is 0.0494 e. The number of nitrogens with zero attached hydrogens (tertiary/aromatic N) is 1. The maximum absolute atomic E-state index is 3.48. The number of hydrogen-bond donors (Lipinski definition) is 1. The lowest BCUT2D eigenvalue weighted by atomic mass is 10.00. The molecule has 1 fully saturated rings. The summed E-state index contributed by atoms with van der Waals surface area (Å²) in [6.07, 6.45) is 2.74. The average Bonchev–Trinajstić information content (AvgIpc) is 3.00. The Morgan fingerprint density at radius 2 is 2.10 bits per heavy atom. The van der Waals surface area contributed by atoms with E-state index in [2.05, 4.69) is 58.9 Å². The number of rotatable bonds is 5. The fourth-order valence-electron chi connectivity index (χ4n) is 3.02. The molecule has 0 aliphatic carbocycles. The molecule has 1 atom stereocenters. The zero-order chi connectivity index (χ0) is 14.5. The highest BCUT2D eigenvalue weighted by atomic mass is 32.1. The first-order valence-electron chi connectivity index (χ1n) is 7.87. The zero-order valence-electron chi connectivity index (χ0n) is 12.7. The van der Waals surface area contributed by atoms with E-state index in [0.717, 1.165) is 19.0 Å². The minimum Gasteiger partial charge on any atom is -0.380 e. The van der Waals surface area contributed by atoms with Crippen molar-refractivity contribution >= 4 is 17.0 Å². The minimum atomic E-state index is 0.852. The molecule has 21 heavy (non-hydrogen) atoms. The molecule has 1 N–H and O–H groups in total. The van der Waals surface area contributed by atoms with E-state index in [0.29, 0.717) is 0 Å². The molecular formula is C18H24N2S. The Hall–Kier alpha value is -1.32. The molecule has 3 rings (SSSR count). The molecule has 2 nitrogen and oxygen atoms in total. The molecule has 3 heteroatoms. The maximum atomic E-state index is 3.48. The predicted molar refractivity (Wildman–Crippen MR) is 91.8 cm³/mol. The maximum Gasteiger partial charge on any atom is 0.0494 e. The number of piperidine rings is 1. The summed E-state index contributed by atoms with van der Waals surface area (Å²) in [5.41, 5.74) is 2.63. The molecule has 112 valence electrons. The number of benzene rings is 1. The lowest BCUT2D eigenvalue weighted by Crippen LogP contribution is -2.33. The number of likely N-dealkylation sites (tertiary alicyclic amines) is 1. The van der Waals surface area contributed by atoms with Crippen molar-refractivity contribution in [1.82, 2.24) is 4.90 Å². The lowest BCUT2D eigenvalue weighted by molar-refractivity contribution is 0.176. The Balaban J connectivity index is 1.51. The molecule has 1 aromatic carbocycles. The summed E-state index contributed by atoms with van der Waals surface area (Å²) < 4.78 is 0. The molecule has 1 aromatic heterocycles. The molecule has 0 saturated carbocycles. The van der Waals surface area contributed by atoms with E-state index in [1.165, 1.54) is 42.1 Å². The van der Waals surface area contributed by atoms with Crippen LogP contribution in [0.5, 0.6) is 0 Å². The summed E-state index contributed by atoms with van der Waals surface area (Å²) >= 11 is 1.80. The first kappa shape index (κ1) is 14.6. The number of thiophene rings is 1. The van der Waals surface area contributed by atoms with Crippen LogP contribution in [0.2, 0.25) is 0 Å². The van der Waals surface area contributed by atoms with Crippen molar-refractivity contribution in [3.63, 3.8) is 0 Å². The summed E-state index contributed by atoms with van der Waals surface area (Å²) in [7, 11) is 0. The summed E-state index contributed by atoms with van der Waals surface area (Å²) in [6, 6.07) is 13.2. The van der Waals surface area contributed by atoms with E-state index in [-0.39, 0.29) is 0 Å². The molecule has 0 amide bonds. The third-order valence-corrected chi connectivity index (χ3v) is 5.02. The first-order valence-corrected chi connectivity index (χ1v) is 8.75. The molecule has 1 aliphatic rings. The topological polar surface area (TPSA) is 15.3 Å². The molecule has 1 saturated heterocycles. The second kappa shape index (κ2) is 7.10. The molecular weight excluding hydrogens is 276 g/mol. The SMILES string of the molecule is CC1CCCN(Cc2ccc(NCc3cccs3)cc2)C1. The van der Waals surface area contributed by atoms with E-state index in [1.54, 1.807) is 11.3 Å². The van der Waals surface area contributed by atoms with Gasteiger partial charge in [-0.2, -0.15) is 0 Å². The van der Waals surface area contributed by atoms with Crippen molar-refractivity contribution in [3.05, 3.63) is 52.2 Å². The summed E-state index contributed by atoms with van der Waals surface area (Å²) in [4.78, 5) is 3.96. The van der Waals surface area contributed by atoms with Crippen LogP contribution >= 0.6 is 11.3 Å². The fraction of sp³-hybridized carbons (Fsp3) is 0.444. The van der Waals surface area contributed by atoms with Gasteiger partial charge in [0.25, 0.3) is 0 Å². The predicted octanol–water partition coefficient (Wildman–Crippen LogP) is 4.59. The van der Waals surface area contributed by atoms with Crippen molar-refractivity contribution in [2.45, 2.75) is 32.9 Å². The molecule has 2 heterocycles. The Morgan fingerprint density at radius 3 is 2.81 bits per heavy atom. The van der Waals surface area contributed by atoms with E-state index in [4.69, 9.17) is 0 Å². The van der Waals surface area contributed by atoms with Gasteiger partial charge in [0.1, 0.15) is 0 Å². The van der Waals surface area contributed by atoms with Crippen molar-refractivity contribution in [2.24, 2.45) is 5.92 Å². The summed E-state index contributed by atoms with van der Waals surface area (Å²) in [5.74, 6) is 0.852. The van der Waals surface area contributed by atoms with Gasteiger partial charge in [0, 0.05) is 30.2 Å². The Bertz CT molecular complexity index is 533. The highest BCUT2D eigenvalue weighted by molar-refractivity contribution is 7.09. The van der Waals surface area contributed by atoms with Gasteiger partial charge in [0.15, 0.2) is 0 Å². The van der Waals surface area contributed by atoms with E-state index in [1.807, 2.05) is 0 Å². The van der Waals surface area contributed by atoms with Crippen LogP contribution in [0.25, 0.3) is 0 Å². The Labute approximate surface area is 131 Å². The van der Waals surface area contributed by atoms with Crippen LogP contribution in [-0.2, 0) is 13.1 Å². The van der Waals surface area contributed by atoms with E-state index < -0.39 is 0 Å². The normalized spacial score (nSPS) is 19.6. The van der Waals surface area contributed by atoms with Crippen LogP contribution in [0.3, 0.4) is 0 Å². The standard InChI is InChI=1S/C18H24N2S/c1-15-4-2-10-20(13-15)14-16-6-8-17(9-7-16)19-12-18-5-3-11-21-18/h3,5-9,11,15,19H,2,4,10,12-14H2,1H3. The van der Waals surface area contributed by atoms with Gasteiger partial charge < -0.3 is 5.32 Å². The second-order valence-electron chi connectivity index (χ2n) is 6.11. The minimum absolute atomic E-state index is 0.852.